The van der Waals surface area contributed by atoms with E-state index in [0.717, 1.165) is 37.0 Å². The Labute approximate surface area is 142 Å². The molecular weight excluding hydrogens is 280 g/mol. The highest BCUT2D eigenvalue weighted by atomic mass is 16.3. The van der Waals surface area contributed by atoms with Crippen LogP contribution in [0.5, 0.6) is 0 Å². The first kappa shape index (κ1) is 16.2. The molecule has 0 aliphatic heterocycles. The van der Waals surface area contributed by atoms with Crippen molar-refractivity contribution in [3.05, 3.63) is 11.6 Å². The predicted molar refractivity (Wildman–Crippen MR) is 96.2 cm³/mol. The van der Waals surface area contributed by atoms with Gasteiger partial charge in [0, 0.05) is 0 Å². The van der Waals surface area contributed by atoms with E-state index >= 15 is 0 Å². The molecule has 0 saturated heterocycles. The summed E-state index contributed by atoms with van der Waals surface area (Å²) in [4.78, 5) is 0. The Balaban J connectivity index is 1.65. The van der Waals surface area contributed by atoms with Gasteiger partial charge in [0.15, 0.2) is 0 Å². The second-order valence-corrected chi connectivity index (χ2v) is 9.73. The molecule has 0 amide bonds. The smallest absolute Gasteiger partial charge is 0.0703 e. The Morgan fingerprint density at radius 3 is 2.65 bits per heavy atom. The van der Waals surface area contributed by atoms with E-state index < -0.39 is 0 Å². The fourth-order valence-corrected chi connectivity index (χ4v) is 7.69. The summed E-state index contributed by atoms with van der Waals surface area (Å²) < 4.78 is 0. The quantitative estimate of drug-likeness (QED) is 0.632. The van der Waals surface area contributed by atoms with E-state index in [1.807, 2.05) is 0 Å². The highest BCUT2D eigenvalue weighted by Gasteiger charge is 2.63. The van der Waals surface area contributed by atoms with Crippen LogP contribution >= 0.6 is 0 Å². The van der Waals surface area contributed by atoms with Crippen molar-refractivity contribution in [3.63, 3.8) is 0 Å². The summed E-state index contributed by atoms with van der Waals surface area (Å²) in [6, 6.07) is 0. The Morgan fingerprint density at radius 2 is 1.87 bits per heavy atom. The van der Waals surface area contributed by atoms with Crippen molar-refractivity contribution in [1.82, 2.24) is 0 Å². The molecule has 0 bridgehead atoms. The molecule has 0 unspecified atom stereocenters. The van der Waals surface area contributed by atoms with Crippen molar-refractivity contribution in [1.29, 1.82) is 0 Å². The highest BCUT2D eigenvalue weighted by Crippen LogP contribution is 2.68. The van der Waals surface area contributed by atoms with Gasteiger partial charge in [-0.15, -0.1) is 0 Å². The van der Waals surface area contributed by atoms with Gasteiger partial charge in [0.05, 0.1) is 5.60 Å². The zero-order valence-electron chi connectivity index (χ0n) is 15.5. The van der Waals surface area contributed by atoms with Gasteiger partial charge in [0.25, 0.3) is 0 Å². The normalized spacial score (nSPS) is 52.3. The molecule has 6 atom stereocenters. The standard InChI is InChI=1S/C22H36O/c1-4-12-22(23)15-11-19-17-9-8-16-7-5-6-13-20(16,2)18(17)10-14-21(19,22)3/h7,17-19,23H,4-6,8-15H2,1-3H3/t17-,18+,19+,20+,21+,22+/m1/s1. The van der Waals surface area contributed by atoms with Crippen LogP contribution in [0.4, 0.5) is 0 Å². The number of hydrogen-bond acceptors (Lipinski definition) is 1. The molecule has 0 aromatic rings. The summed E-state index contributed by atoms with van der Waals surface area (Å²) in [5.41, 5.74) is 2.11. The molecule has 4 aliphatic carbocycles. The Morgan fingerprint density at radius 1 is 1.09 bits per heavy atom. The number of aliphatic hydroxyl groups is 1. The van der Waals surface area contributed by atoms with Gasteiger partial charge < -0.3 is 5.11 Å². The lowest BCUT2D eigenvalue weighted by Crippen LogP contribution is -2.54. The molecule has 0 radical (unpaired) electrons. The van der Waals surface area contributed by atoms with Gasteiger partial charge in [0.1, 0.15) is 0 Å². The van der Waals surface area contributed by atoms with Gasteiger partial charge in [-0.2, -0.15) is 0 Å². The Kier molecular flexibility index (Phi) is 3.76. The SMILES string of the molecule is CCC[C@]1(O)CC[C@H]2[C@@H]3CCC4=CCCC[C@]4(C)[C@H]3CC[C@@]21C. The van der Waals surface area contributed by atoms with Gasteiger partial charge in [-0.25, -0.2) is 0 Å². The molecule has 0 aromatic carbocycles. The topological polar surface area (TPSA) is 20.2 Å². The predicted octanol–water partition coefficient (Wildman–Crippen LogP) is 5.87. The van der Waals surface area contributed by atoms with Gasteiger partial charge in [-0.05, 0) is 92.8 Å². The van der Waals surface area contributed by atoms with Crippen molar-refractivity contribution >= 4 is 0 Å². The minimum atomic E-state index is -0.374. The van der Waals surface area contributed by atoms with Gasteiger partial charge in [-0.3, -0.25) is 0 Å². The largest absolute Gasteiger partial charge is 0.389 e. The van der Waals surface area contributed by atoms with Crippen LogP contribution in [0.3, 0.4) is 0 Å². The van der Waals surface area contributed by atoms with E-state index in [-0.39, 0.29) is 11.0 Å². The monoisotopic (exact) mass is 316 g/mol. The Hall–Kier alpha value is -0.300. The first-order valence-corrected chi connectivity index (χ1v) is 10.4. The fraction of sp³-hybridized carbons (Fsp3) is 0.909. The summed E-state index contributed by atoms with van der Waals surface area (Å²) >= 11 is 0. The van der Waals surface area contributed by atoms with E-state index in [9.17, 15) is 5.11 Å². The van der Waals surface area contributed by atoms with Crippen LogP contribution in [-0.2, 0) is 0 Å². The average molecular weight is 317 g/mol. The van der Waals surface area contributed by atoms with Crippen LogP contribution in [-0.4, -0.2) is 10.7 Å². The molecule has 0 spiro atoms. The van der Waals surface area contributed by atoms with E-state index in [0.29, 0.717) is 5.41 Å². The average Bonchev–Trinajstić information content (AvgIpc) is 2.79. The fourth-order valence-electron chi connectivity index (χ4n) is 7.69. The van der Waals surface area contributed by atoms with Crippen molar-refractivity contribution in [2.45, 2.75) is 97.0 Å². The van der Waals surface area contributed by atoms with Crippen LogP contribution in [0, 0.1) is 28.6 Å². The molecule has 4 aliphatic rings. The van der Waals surface area contributed by atoms with Gasteiger partial charge >= 0.3 is 0 Å². The highest BCUT2D eigenvalue weighted by molar-refractivity contribution is 5.24. The van der Waals surface area contributed by atoms with E-state index in [1.54, 1.807) is 5.57 Å². The number of fused-ring (bicyclic) bond motifs is 5. The molecule has 1 N–H and O–H groups in total. The maximum absolute atomic E-state index is 11.4. The lowest BCUT2D eigenvalue weighted by molar-refractivity contribution is -0.130. The molecule has 23 heavy (non-hydrogen) atoms. The summed E-state index contributed by atoms with van der Waals surface area (Å²) in [7, 11) is 0. The third-order valence-corrected chi connectivity index (χ3v) is 9.01. The molecule has 4 rings (SSSR count). The Bertz CT molecular complexity index is 508. The van der Waals surface area contributed by atoms with Crippen molar-refractivity contribution in [2.24, 2.45) is 28.6 Å². The number of allylic oxidation sites excluding steroid dienone is 2. The molecule has 1 heteroatoms. The maximum atomic E-state index is 11.4. The first-order chi connectivity index (χ1) is 10.9. The number of rotatable bonds is 2. The zero-order valence-corrected chi connectivity index (χ0v) is 15.5. The first-order valence-electron chi connectivity index (χ1n) is 10.4. The summed E-state index contributed by atoms with van der Waals surface area (Å²) in [5, 5.41) is 11.4. The third kappa shape index (κ3) is 2.08. The maximum Gasteiger partial charge on any atom is 0.0703 e. The molecule has 1 nitrogen and oxygen atoms in total. The van der Waals surface area contributed by atoms with Gasteiger partial charge in [0.2, 0.25) is 0 Å². The third-order valence-electron chi connectivity index (χ3n) is 9.01. The van der Waals surface area contributed by atoms with Crippen molar-refractivity contribution in [3.8, 4) is 0 Å². The van der Waals surface area contributed by atoms with Crippen LogP contribution in [0.25, 0.3) is 0 Å². The van der Waals surface area contributed by atoms with Crippen LogP contribution in [0.2, 0.25) is 0 Å². The summed E-state index contributed by atoms with van der Waals surface area (Å²) in [6.07, 6.45) is 16.6. The van der Waals surface area contributed by atoms with E-state index in [1.165, 1.54) is 51.4 Å². The van der Waals surface area contributed by atoms with E-state index in [2.05, 4.69) is 26.8 Å². The minimum Gasteiger partial charge on any atom is -0.389 e. The van der Waals surface area contributed by atoms with Crippen molar-refractivity contribution in [2.75, 3.05) is 0 Å². The molecule has 0 aromatic heterocycles. The molecule has 3 saturated carbocycles. The van der Waals surface area contributed by atoms with Crippen LogP contribution in [0.1, 0.15) is 91.4 Å². The molecular formula is C22H36O. The minimum absolute atomic E-state index is 0.191. The van der Waals surface area contributed by atoms with Gasteiger partial charge in [-0.1, -0.05) is 38.8 Å². The molecule has 130 valence electrons. The second-order valence-electron chi connectivity index (χ2n) is 9.73. The lowest BCUT2D eigenvalue weighted by atomic mass is 9.46. The summed E-state index contributed by atoms with van der Waals surface area (Å²) in [6.45, 7) is 7.27. The number of hydrogen-bond donors (Lipinski definition) is 1. The zero-order chi connectivity index (χ0) is 16.3. The molecule has 0 heterocycles. The second kappa shape index (κ2) is 5.35. The van der Waals surface area contributed by atoms with Crippen LogP contribution in [0.15, 0.2) is 11.6 Å². The van der Waals surface area contributed by atoms with Crippen molar-refractivity contribution < 1.29 is 5.11 Å². The lowest BCUT2D eigenvalue weighted by Gasteiger charge is -2.59. The summed E-state index contributed by atoms with van der Waals surface area (Å²) in [5.74, 6) is 2.54. The molecule has 3 fully saturated rings. The van der Waals surface area contributed by atoms with E-state index in [4.69, 9.17) is 0 Å². The van der Waals surface area contributed by atoms with Crippen LogP contribution < -0.4 is 0 Å².